The maximum atomic E-state index is 12.8. The Balaban J connectivity index is 1.39. The molecule has 0 unspecified atom stereocenters. The van der Waals surface area contributed by atoms with Crippen LogP contribution < -0.4 is 10.9 Å². The number of alkyl halides is 2. The van der Waals surface area contributed by atoms with Gasteiger partial charge in [-0.05, 0) is 50.3 Å². The Labute approximate surface area is 200 Å². The van der Waals surface area contributed by atoms with Gasteiger partial charge in [-0.25, -0.2) is 8.78 Å². The van der Waals surface area contributed by atoms with E-state index in [2.05, 4.69) is 15.4 Å². The fraction of sp³-hybridized carbons (Fsp3) is 0.308. The molecule has 2 aromatic carbocycles. The molecule has 1 aliphatic carbocycles. The van der Waals surface area contributed by atoms with Gasteiger partial charge in [0.25, 0.3) is 5.56 Å². The van der Waals surface area contributed by atoms with Gasteiger partial charge in [0, 0.05) is 28.9 Å². The van der Waals surface area contributed by atoms with Crippen LogP contribution in [0.15, 0.2) is 59.4 Å². The first kappa shape index (κ1) is 22.9. The van der Waals surface area contributed by atoms with E-state index < -0.39 is 12.3 Å². The van der Waals surface area contributed by atoms with Gasteiger partial charge in [-0.3, -0.25) is 9.59 Å². The van der Waals surface area contributed by atoms with Crippen molar-refractivity contribution in [1.82, 2.24) is 19.2 Å². The lowest BCUT2D eigenvalue weighted by molar-refractivity contribution is -0.116. The summed E-state index contributed by atoms with van der Waals surface area (Å²) in [5, 5.41) is 7.23. The van der Waals surface area contributed by atoms with Crippen molar-refractivity contribution in [3.05, 3.63) is 81.8 Å². The highest BCUT2D eigenvalue weighted by molar-refractivity contribution is 5.90. The zero-order valence-electron chi connectivity index (χ0n) is 19.4. The summed E-state index contributed by atoms with van der Waals surface area (Å²) >= 11 is 0. The van der Waals surface area contributed by atoms with Crippen molar-refractivity contribution in [1.29, 1.82) is 0 Å². The van der Waals surface area contributed by atoms with Gasteiger partial charge in [0.05, 0.1) is 0 Å². The van der Waals surface area contributed by atoms with Gasteiger partial charge >= 0.3 is 0 Å². The topological polar surface area (TPSA) is 81.3 Å². The van der Waals surface area contributed by atoms with E-state index in [1.807, 2.05) is 55.5 Å². The molecule has 0 bridgehead atoms. The maximum Gasteiger partial charge on any atom is 0.275 e. The molecule has 2 heterocycles. The molecule has 4 aromatic rings. The van der Waals surface area contributed by atoms with Gasteiger partial charge in [0.15, 0.2) is 5.82 Å². The van der Waals surface area contributed by atoms with Crippen LogP contribution in [-0.4, -0.2) is 31.5 Å². The predicted molar refractivity (Wildman–Crippen MR) is 129 cm³/mol. The molecule has 0 saturated heterocycles. The fourth-order valence-corrected chi connectivity index (χ4v) is 4.44. The minimum atomic E-state index is -2.26. The summed E-state index contributed by atoms with van der Waals surface area (Å²) in [4.78, 5) is 29.8. The molecule has 180 valence electrons. The zero-order valence-corrected chi connectivity index (χ0v) is 19.4. The number of carbonyl (C=O) groups is 1. The lowest BCUT2D eigenvalue weighted by Crippen LogP contribution is -2.27. The summed E-state index contributed by atoms with van der Waals surface area (Å²) in [7, 11) is 0. The highest BCUT2D eigenvalue weighted by Gasteiger charge is 2.36. The zero-order chi connectivity index (χ0) is 24.7. The molecule has 35 heavy (non-hydrogen) atoms. The Bertz CT molecular complexity index is 1440. The van der Waals surface area contributed by atoms with Crippen LogP contribution in [0.2, 0.25) is 0 Å². The van der Waals surface area contributed by atoms with Crippen LogP contribution in [0.4, 0.5) is 14.5 Å². The van der Waals surface area contributed by atoms with Crippen LogP contribution in [0.3, 0.4) is 0 Å². The van der Waals surface area contributed by atoms with E-state index in [0.29, 0.717) is 35.6 Å². The third-order valence-electron chi connectivity index (χ3n) is 6.61. The summed E-state index contributed by atoms with van der Waals surface area (Å²) in [6.45, 7) is 3.68. The number of aromatic nitrogens is 4. The molecule has 0 radical (unpaired) electrons. The van der Waals surface area contributed by atoms with Crippen LogP contribution in [0.25, 0.3) is 17.2 Å². The van der Waals surface area contributed by atoms with Gasteiger partial charge in [-0.2, -0.15) is 9.50 Å². The van der Waals surface area contributed by atoms with Crippen molar-refractivity contribution >= 4 is 17.4 Å². The van der Waals surface area contributed by atoms with Gasteiger partial charge in [0.1, 0.15) is 6.54 Å². The Kier molecular flexibility index (Phi) is 5.92. The molecule has 0 spiro atoms. The average molecular weight is 478 g/mol. The number of hydrogen-bond acceptors (Lipinski definition) is 4. The van der Waals surface area contributed by atoms with Gasteiger partial charge in [0.2, 0.25) is 18.1 Å². The number of amides is 1. The quantitative estimate of drug-likeness (QED) is 0.441. The first-order chi connectivity index (χ1) is 16.8. The lowest BCUT2D eigenvalue weighted by Gasteiger charge is -2.35. The number of aryl methyl sites for hydroxylation is 2. The molecule has 1 amide bonds. The number of nitrogens with one attached hydrogen (secondary N) is 1. The molecule has 1 aliphatic rings. The number of fused-ring (bicyclic) bond motifs is 1. The Morgan fingerprint density at radius 2 is 1.77 bits per heavy atom. The third-order valence-corrected chi connectivity index (χ3v) is 6.61. The molecule has 0 aliphatic heterocycles. The Morgan fingerprint density at radius 1 is 1.09 bits per heavy atom. The first-order valence-corrected chi connectivity index (χ1v) is 11.5. The minimum absolute atomic E-state index is 0.0342. The van der Waals surface area contributed by atoms with Crippen molar-refractivity contribution < 1.29 is 13.6 Å². The van der Waals surface area contributed by atoms with Crippen LogP contribution in [0.1, 0.15) is 35.6 Å². The standard InChI is InChI=1S/C26H25F2N5O2/c1-15-3-9-21(10-4-15)29-22(34)14-32-16(2)11-23(35)33-26(32)30-25(31-33)18-7-5-17(6-8-18)19-12-20(13-19)24(27)28/h3-11,19-20,24H,12-14H2,1-2H3,(H,29,34). The lowest BCUT2D eigenvalue weighted by atomic mass is 9.71. The third kappa shape index (κ3) is 4.58. The molecule has 1 N–H and O–H groups in total. The summed E-state index contributed by atoms with van der Waals surface area (Å²) in [5.41, 5.74) is 3.75. The van der Waals surface area contributed by atoms with E-state index in [1.54, 1.807) is 11.5 Å². The van der Waals surface area contributed by atoms with E-state index in [9.17, 15) is 18.4 Å². The molecule has 0 atom stereocenters. The second-order valence-corrected chi connectivity index (χ2v) is 9.16. The Hall–Kier alpha value is -3.88. The second kappa shape index (κ2) is 9.05. The van der Waals surface area contributed by atoms with E-state index in [4.69, 9.17) is 0 Å². The normalized spacial score (nSPS) is 17.5. The van der Waals surface area contributed by atoms with Gasteiger partial charge in [-0.1, -0.05) is 42.0 Å². The number of halogens is 2. The van der Waals surface area contributed by atoms with Gasteiger partial charge in [-0.15, -0.1) is 5.10 Å². The predicted octanol–water partition coefficient (Wildman–Crippen LogP) is 4.57. The summed E-state index contributed by atoms with van der Waals surface area (Å²) < 4.78 is 28.4. The van der Waals surface area contributed by atoms with Crippen molar-refractivity contribution in [3.8, 4) is 11.4 Å². The smallest absolute Gasteiger partial charge is 0.275 e. The first-order valence-electron chi connectivity index (χ1n) is 11.5. The Morgan fingerprint density at radius 3 is 2.43 bits per heavy atom. The van der Waals surface area contributed by atoms with Crippen molar-refractivity contribution in [2.24, 2.45) is 5.92 Å². The summed E-state index contributed by atoms with van der Waals surface area (Å²) in [6, 6.07) is 16.4. The van der Waals surface area contributed by atoms with Crippen LogP contribution in [0.5, 0.6) is 0 Å². The van der Waals surface area contributed by atoms with Crippen molar-refractivity contribution in [2.75, 3.05) is 5.32 Å². The molecule has 1 fully saturated rings. The number of anilines is 1. The molecule has 7 nitrogen and oxygen atoms in total. The summed E-state index contributed by atoms with van der Waals surface area (Å²) in [6.07, 6.45) is -1.27. The average Bonchev–Trinajstić information content (AvgIpc) is 3.23. The van der Waals surface area contributed by atoms with E-state index >= 15 is 0 Å². The number of hydrogen-bond donors (Lipinski definition) is 1. The van der Waals surface area contributed by atoms with Crippen molar-refractivity contribution in [2.45, 2.75) is 45.6 Å². The minimum Gasteiger partial charge on any atom is -0.325 e. The SMILES string of the molecule is Cc1ccc(NC(=O)Cn2c(C)cc(=O)n3nc(-c4ccc(C5CC(C(F)F)C5)cc4)nc23)cc1. The molecular weight excluding hydrogens is 452 g/mol. The van der Waals surface area contributed by atoms with Crippen molar-refractivity contribution in [3.63, 3.8) is 0 Å². The molecule has 1 saturated carbocycles. The maximum absolute atomic E-state index is 12.8. The van der Waals surface area contributed by atoms with Crippen LogP contribution in [-0.2, 0) is 11.3 Å². The number of benzene rings is 2. The van der Waals surface area contributed by atoms with E-state index in [1.165, 1.54) is 10.6 Å². The van der Waals surface area contributed by atoms with E-state index in [-0.39, 0.29) is 29.7 Å². The number of rotatable bonds is 6. The highest BCUT2D eigenvalue weighted by Crippen LogP contribution is 2.44. The summed E-state index contributed by atoms with van der Waals surface area (Å²) in [5.74, 6) is -0.00348. The number of carbonyl (C=O) groups excluding carboxylic acids is 1. The van der Waals surface area contributed by atoms with E-state index in [0.717, 1.165) is 11.1 Å². The highest BCUT2D eigenvalue weighted by atomic mass is 19.3. The second-order valence-electron chi connectivity index (χ2n) is 9.16. The monoisotopic (exact) mass is 477 g/mol. The molecular formula is C26H25F2N5O2. The number of nitrogens with zero attached hydrogens (tertiary/aromatic N) is 4. The largest absolute Gasteiger partial charge is 0.325 e. The van der Waals surface area contributed by atoms with Crippen LogP contribution >= 0.6 is 0 Å². The molecule has 2 aromatic heterocycles. The molecule has 9 heteroatoms. The fourth-order valence-electron chi connectivity index (χ4n) is 4.44. The molecule has 5 rings (SSSR count). The van der Waals surface area contributed by atoms with Crippen LogP contribution in [0, 0.1) is 19.8 Å². The van der Waals surface area contributed by atoms with Gasteiger partial charge < -0.3 is 9.88 Å².